The number of esters is 1. The van der Waals surface area contributed by atoms with Crippen LogP contribution in [0.25, 0.3) is 0 Å². The number of hydrogen-bond acceptors (Lipinski definition) is 2. The van der Waals surface area contributed by atoms with Gasteiger partial charge in [0.05, 0.1) is 5.41 Å². The van der Waals surface area contributed by atoms with E-state index in [1.807, 2.05) is 20.8 Å². The van der Waals surface area contributed by atoms with Crippen LogP contribution in [-0.4, -0.2) is 11.6 Å². The zero-order chi connectivity index (χ0) is 16.5. The van der Waals surface area contributed by atoms with Crippen molar-refractivity contribution in [2.75, 3.05) is 0 Å². The molecule has 124 valence electrons. The maximum Gasteiger partial charge on any atom is 0.312 e. The van der Waals surface area contributed by atoms with E-state index >= 15 is 0 Å². The van der Waals surface area contributed by atoms with Crippen molar-refractivity contribution >= 4 is 5.97 Å². The normalized spacial score (nSPS) is 24.8. The standard InChI is InChI=1S/C19H36O2/c1-9-18(5,6)16(20)21-19(7,8)15-12-10-14(11-13-15)17(2,3)4/h14-15H,9-13H2,1-8H3. The van der Waals surface area contributed by atoms with Crippen LogP contribution in [0.5, 0.6) is 0 Å². The molecule has 0 N–H and O–H groups in total. The summed E-state index contributed by atoms with van der Waals surface area (Å²) >= 11 is 0. The van der Waals surface area contributed by atoms with Gasteiger partial charge in [-0.05, 0) is 77.0 Å². The van der Waals surface area contributed by atoms with Crippen molar-refractivity contribution in [1.29, 1.82) is 0 Å². The summed E-state index contributed by atoms with van der Waals surface area (Å²) in [6, 6.07) is 0. The Morgan fingerprint density at radius 1 is 0.905 bits per heavy atom. The fourth-order valence-electron chi connectivity index (χ4n) is 3.26. The van der Waals surface area contributed by atoms with E-state index in [-0.39, 0.29) is 17.0 Å². The molecule has 0 aromatic heterocycles. The maximum absolute atomic E-state index is 12.4. The third-order valence-electron chi connectivity index (χ3n) is 5.73. The first-order valence-corrected chi connectivity index (χ1v) is 8.63. The van der Waals surface area contributed by atoms with Gasteiger partial charge in [-0.25, -0.2) is 0 Å². The molecule has 1 aliphatic carbocycles. The minimum Gasteiger partial charge on any atom is -0.459 e. The monoisotopic (exact) mass is 296 g/mol. The molecule has 21 heavy (non-hydrogen) atoms. The molecular formula is C19H36O2. The van der Waals surface area contributed by atoms with Gasteiger partial charge in [-0.1, -0.05) is 27.7 Å². The lowest BCUT2D eigenvalue weighted by molar-refractivity contribution is -0.174. The first-order valence-electron chi connectivity index (χ1n) is 8.63. The second kappa shape index (κ2) is 6.30. The molecule has 0 spiro atoms. The zero-order valence-corrected chi connectivity index (χ0v) is 15.5. The predicted molar refractivity (Wildman–Crippen MR) is 89.1 cm³/mol. The van der Waals surface area contributed by atoms with Crippen molar-refractivity contribution in [3.05, 3.63) is 0 Å². The van der Waals surface area contributed by atoms with Gasteiger partial charge in [0.1, 0.15) is 5.60 Å². The highest BCUT2D eigenvalue weighted by molar-refractivity contribution is 5.76. The number of hydrogen-bond donors (Lipinski definition) is 0. The molecule has 0 amide bonds. The van der Waals surface area contributed by atoms with Crippen LogP contribution in [0, 0.1) is 22.7 Å². The van der Waals surface area contributed by atoms with Crippen LogP contribution in [0.3, 0.4) is 0 Å². The summed E-state index contributed by atoms with van der Waals surface area (Å²) in [5.74, 6) is 1.24. The maximum atomic E-state index is 12.4. The summed E-state index contributed by atoms with van der Waals surface area (Å²) in [4.78, 5) is 12.4. The Labute approximate surface area is 132 Å². The van der Waals surface area contributed by atoms with Crippen LogP contribution >= 0.6 is 0 Å². The van der Waals surface area contributed by atoms with Gasteiger partial charge >= 0.3 is 5.97 Å². The van der Waals surface area contributed by atoms with E-state index in [0.29, 0.717) is 11.3 Å². The van der Waals surface area contributed by atoms with E-state index in [0.717, 1.165) is 12.3 Å². The van der Waals surface area contributed by atoms with Gasteiger partial charge in [-0.3, -0.25) is 4.79 Å². The van der Waals surface area contributed by atoms with Gasteiger partial charge in [0, 0.05) is 0 Å². The van der Waals surface area contributed by atoms with E-state index in [9.17, 15) is 4.79 Å². The van der Waals surface area contributed by atoms with Crippen molar-refractivity contribution in [3.63, 3.8) is 0 Å². The van der Waals surface area contributed by atoms with Gasteiger partial charge in [-0.15, -0.1) is 0 Å². The minimum absolute atomic E-state index is 0.0482. The Morgan fingerprint density at radius 3 is 1.71 bits per heavy atom. The second-order valence-corrected chi connectivity index (χ2v) is 9.14. The topological polar surface area (TPSA) is 26.3 Å². The van der Waals surface area contributed by atoms with E-state index < -0.39 is 0 Å². The van der Waals surface area contributed by atoms with Crippen molar-refractivity contribution in [2.24, 2.45) is 22.7 Å². The lowest BCUT2D eigenvalue weighted by Gasteiger charge is -2.43. The summed E-state index contributed by atoms with van der Waals surface area (Å²) in [5, 5.41) is 0. The van der Waals surface area contributed by atoms with Crippen molar-refractivity contribution in [2.45, 2.75) is 93.1 Å². The molecule has 0 radical (unpaired) electrons. The Bertz CT molecular complexity index is 352. The van der Waals surface area contributed by atoms with Crippen LogP contribution < -0.4 is 0 Å². The van der Waals surface area contributed by atoms with Crippen molar-refractivity contribution < 1.29 is 9.53 Å². The minimum atomic E-state index is -0.375. The van der Waals surface area contributed by atoms with Crippen LogP contribution in [0.1, 0.15) is 87.5 Å². The summed E-state index contributed by atoms with van der Waals surface area (Å²) in [7, 11) is 0. The van der Waals surface area contributed by atoms with Crippen LogP contribution in [0.2, 0.25) is 0 Å². The molecular weight excluding hydrogens is 260 g/mol. The SMILES string of the molecule is CCC(C)(C)C(=O)OC(C)(C)C1CCC(C(C)(C)C)CC1. The van der Waals surface area contributed by atoms with E-state index in [4.69, 9.17) is 4.74 Å². The summed E-state index contributed by atoms with van der Waals surface area (Å²) in [5.41, 5.74) is -0.317. The smallest absolute Gasteiger partial charge is 0.312 e. The van der Waals surface area contributed by atoms with Crippen molar-refractivity contribution in [3.8, 4) is 0 Å². The summed E-state index contributed by atoms with van der Waals surface area (Å²) in [6.45, 7) is 17.2. The number of rotatable bonds is 4. The van der Waals surface area contributed by atoms with Gasteiger partial charge < -0.3 is 4.74 Å². The molecule has 0 atom stereocenters. The summed E-state index contributed by atoms with van der Waals surface area (Å²) in [6.07, 6.45) is 5.68. The molecule has 0 unspecified atom stereocenters. The molecule has 2 nitrogen and oxygen atoms in total. The van der Waals surface area contributed by atoms with Crippen molar-refractivity contribution in [1.82, 2.24) is 0 Å². The molecule has 1 rings (SSSR count). The average Bonchev–Trinajstić information content (AvgIpc) is 2.37. The molecule has 1 aliphatic rings. The molecule has 1 saturated carbocycles. The van der Waals surface area contributed by atoms with E-state index in [1.165, 1.54) is 25.7 Å². The predicted octanol–water partition coefficient (Wildman–Crippen LogP) is 5.60. The fourth-order valence-corrected chi connectivity index (χ4v) is 3.26. The Kier molecular flexibility index (Phi) is 5.56. The van der Waals surface area contributed by atoms with Gasteiger partial charge in [-0.2, -0.15) is 0 Å². The largest absolute Gasteiger partial charge is 0.459 e. The Balaban J connectivity index is 2.63. The molecule has 2 heteroatoms. The molecule has 1 fully saturated rings. The van der Waals surface area contributed by atoms with Crippen LogP contribution in [-0.2, 0) is 9.53 Å². The quantitative estimate of drug-likeness (QED) is 0.631. The van der Waals surface area contributed by atoms with Gasteiger partial charge in [0.25, 0.3) is 0 Å². The number of carbonyl (C=O) groups is 1. The number of carbonyl (C=O) groups excluding carboxylic acids is 1. The molecule has 0 saturated heterocycles. The van der Waals surface area contributed by atoms with Crippen LogP contribution in [0.15, 0.2) is 0 Å². The van der Waals surface area contributed by atoms with Gasteiger partial charge in [0.2, 0.25) is 0 Å². The highest BCUT2D eigenvalue weighted by atomic mass is 16.6. The zero-order valence-electron chi connectivity index (χ0n) is 15.5. The third kappa shape index (κ3) is 4.72. The molecule has 0 aromatic rings. The first kappa shape index (κ1) is 18.5. The molecule has 0 aliphatic heterocycles. The molecule has 0 heterocycles. The molecule has 0 aromatic carbocycles. The van der Waals surface area contributed by atoms with E-state index in [2.05, 4.69) is 34.6 Å². The summed E-state index contributed by atoms with van der Waals surface area (Å²) < 4.78 is 5.91. The lowest BCUT2D eigenvalue weighted by Crippen LogP contribution is -2.43. The Hall–Kier alpha value is -0.530. The Morgan fingerprint density at radius 2 is 1.33 bits per heavy atom. The third-order valence-corrected chi connectivity index (χ3v) is 5.73. The molecule has 0 bridgehead atoms. The second-order valence-electron chi connectivity index (χ2n) is 9.14. The average molecular weight is 296 g/mol. The van der Waals surface area contributed by atoms with E-state index in [1.54, 1.807) is 0 Å². The fraction of sp³-hybridized carbons (Fsp3) is 0.947. The highest BCUT2D eigenvalue weighted by Crippen LogP contribution is 2.44. The first-order chi connectivity index (χ1) is 9.40. The van der Waals surface area contributed by atoms with Crippen LogP contribution in [0.4, 0.5) is 0 Å². The lowest BCUT2D eigenvalue weighted by atomic mass is 9.67. The highest BCUT2D eigenvalue weighted by Gasteiger charge is 2.40. The van der Waals surface area contributed by atoms with Gasteiger partial charge in [0.15, 0.2) is 0 Å². The number of ether oxygens (including phenoxy) is 1.